The minimum absolute atomic E-state index is 0.0358. The van der Waals surface area contributed by atoms with Crippen LogP contribution in [0.5, 0.6) is 0 Å². The summed E-state index contributed by atoms with van der Waals surface area (Å²) in [5.41, 5.74) is 0.257. The van der Waals surface area contributed by atoms with Crippen molar-refractivity contribution < 1.29 is 42.9 Å². The number of rotatable bonds is 6. The molecule has 0 aliphatic carbocycles. The number of ether oxygens (including phenoxy) is 4. The maximum atomic E-state index is 12.2. The van der Waals surface area contributed by atoms with Crippen molar-refractivity contribution in [2.45, 2.75) is 45.3 Å². The standard InChI is InChI=1S/C16H20N2O9/c1-8(20)24-7-12-13(25-9(2)21)14(26-10(3)22)15(27-12)18-5-11(6-19)4-17-16(18)23/h5-6,12-15H,4,7H2,1-3H3,(H,17,23)/t12?,13?,14-,15?/m0/s1. The molecule has 0 spiro atoms. The fraction of sp³-hybridized carbons (Fsp3) is 0.562. The molecule has 0 radical (unpaired) electrons. The van der Waals surface area contributed by atoms with Crippen LogP contribution in [0.3, 0.4) is 0 Å². The molecule has 3 unspecified atom stereocenters. The minimum atomic E-state index is -1.20. The molecule has 0 bridgehead atoms. The second-order valence-corrected chi connectivity index (χ2v) is 5.90. The highest BCUT2D eigenvalue weighted by Gasteiger charge is 2.53. The van der Waals surface area contributed by atoms with Gasteiger partial charge >= 0.3 is 23.9 Å². The van der Waals surface area contributed by atoms with E-state index in [1.807, 2.05) is 0 Å². The van der Waals surface area contributed by atoms with Crippen molar-refractivity contribution in [2.75, 3.05) is 13.2 Å². The van der Waals surface area contributed by atoms with E-state index in [1.54, 1.807) is 0 Å². The van der Waals surface area contributed by atoms with E-state index in [2.05, 4.69) is 5.32 Å². The minimum Gasteiger partial charge on any atom is -0.463 e. The molecule has 11 nitrogen and oxygen atoms in total. The van der Waals surface area contributed by atoms with Crippen LogP contribution in [0.4, 0.5) is 4.79 Å². The van der Waals surface area contributed by atoms with Crippen molar-refractivity contribution in [3.8, 4) is 0 Å². The van der Waals surface area contributed by atoms with E-state index in [0.717, 1.165) is 18.7 Å². The van der Waals surface area contributed by atoms with Crippen molar-refractivity contribution in [1.82, 2.24) is 10.2 Å². The number of carbonyl (C=O) groups excluding carboxylic acids is 5. The number of aldehydes is 1. The quantitative estimate of drug-likeness (QED) is 0.356. The first-order valence-electron chi connectivity index (χ1n) is 8.08. The fourth-order valence-corrected chi connectivity index (χ4v) is 2.73. The molecule has 148 valence electrons. The first kappa shape index (κ1) is 20.4. The summed E-state index contributed by atoms with van der Waals surface area (Å²) >= 11 is 0. The molecule has 0 aromatic carbocycles. The van der Waals surface area contributed by atoms with Crippen LogP contribution in [-0.4, -0.2) is 72.8 Å². The number of nitrogens with zero attached hydrogens (tertiary/aromatic N) is 1. The number of esters is 3. The molecule has 0 aromatic heterocycles. The first-order chi connectivity index (χ1) is 12.7. The van der Waals surface area contributed by atoms with Gasteiger partial charge in [0, 0.05) is 39.1 Å². The second kappa shape index (κ2) is 8.62. The highest BCUT2D eigenvalue weighted by Crippen LogP contribution is 2.31. The Morgan fingerprint density at radius 3 is 2.37 bits per heavy atom. The lowest BCUT2D eigenvalue weighted by atomic mass is 10.1. The Balaban J connectivity index is 2.35. The molecule has 0 aromatic rings. The normalized spacial score (nSPS) is 27.3. The summed E-state index contributed by atoms with van der Waals surface area (Å²) in [7, 11) is 0. The van der Waals surface area contributed by atoms with Gasteiger partial charge in [-0.1, -0.05) is 0 Å². The number of amides is 2. The van der Waals surface area contributed by atoms with Gasteiger partial charge in [-0.25, -0.2) is 4.79 Å². The van der Waals surface area contributed by atoms with Gasteiger partial charge in [0.15, 0.2) is 18.4 Å². The highest BCUT2D eigenvalue weighted by atomic mass is 16.7. The molecule has 4 atom stereocenters. The Bertz CT molecular complexity index is 675. The smallest absolute Gasteiger partial charge is 0.323 e. The van der Waals surface area contributed by atoms with Crippen LogP contribution in [0.25, 0.3) is 0 Å². The summed E-state index contributed by atoms with van der Waals surface area (Å²) in [6.07, 6.45) is -2.70. The number of carbonyl (C=O) groups is 5. The molecule has 1 N–H and O–H groups in total. The van der Waals surface area contributed by atoms with Gasteiger partial charge in [0.25, 0.3) is 0 Å². The molecule has 2 aliphatic heterocycles. The molecule has 2 aliphatic rings. The number of hydrogen-bond donors (Lipinski definition) is 1. The predicted molar refractivity (Wildman–Crippen MR) is 85.8 cm³/mol. The zero-order valence-corrected chi connectivity index (χ0v) is 15.0. The molecule has 27 heavy (non-hydrogen) atoms. The predicted octanol–water partition coefficient (Wildman–Crippen LogP) is -0.754. The summed E-state index contributed by atoms with van der Waals surface area (Å²) in [5, 5.41) is 2.48. The van der Waals surface area contributed by atoms with Gasteiger partial charge in [-0.15, -0.1) is 0 Å². The summed E-state index contributed by atoms with van der Waals surface area (Å²) in [6.45, 7) is 3.23. The summed E-state index contributed by atoms with van der Waals surface area (Å²) < 4.78 is 21.0. The van der Waals surface area contributed by atoms with Gasteiger partial charge in [0.2, 0.25) is 0 Å². The monoisotopic (exact) mass is 384 g/mol. The van der Waals surface area contributed by atoms with Crippen LogP contribution in [0, 0.1) is 0 Å². The van der Waals surface area contributed by atoms with Crippen molar-refractivity contribution in [3.05, 3.63) is 11.8 Å². The van der Waals surface area contributed by atoms with E-state index in [4.69, 9.17) is 18.9 Å². The van der Waals surface area contributed by atoms with Crippen molar-refractivity contribution >= 4 is 30.2 Å². The topological polar surface area (TPSA) is 138 Å². The average molecular weight is 384 g/mol. The van der Waals surface area contributed by atoms with Gasteiger partial charge in [0.1, 0.15) is 19.0 Å². The summed E-state index contributed by atoms with van der Waals surface area (Å²) in [4.78, 5) is 58.4. The maximum absolute atomic E-state index is 12.2. The SMILES string of the molecule is CC(=O)OCC1OC(N2C=C(C=O)CNC2=O)[C@@H](OC(C)=O)C1OC(C)=O. The lowest BCUT2D eigenvalue weighted by molar-refractivity contribution is -0.166. The van der Waals surface area contributed by atoms with E-state index in [1.165, 1.54) is 13.1 Å². The van der Waals surface area contributed by atoms with E-state index in [-0.39, 0.29) is 18.7 Å². The van der Waals surface area contributed by atoms with E-state index >= 15 is 0 Å². The summed E-state index contributed by atoms with van der Waals surface area (Å²) in [6, 6.07) is -0.600. The molecule has 2 rings (SSSR count). The maximum Gasteiger partial charge on any atom is 0.323 e. The second-order valence-electron chi connectivity index (χ2n) is 5.90. The zero-order chi connectivity index (χ0) is 20.1. The van der Waals surface area contributed by atoms with Crippen LogP contribution < -0.4 is 5.32 Å². The van der Waals surface area contributed by atoms with Gasteiger partial charge in [0.05, 0.1) is 0 Å². The van der Waals surface area contributed by atoms with Crippen LogP contribution in [0.1, 0.15) is 20.8 Å². The molecular weight excluding hydrogens is 364 g/mol. The van der Waals surface area contributed by atoms with Crippen molar-refractivity contribution in [3.63, 3.8) is 0 Å². The molecule has 1 fully saturated rings. The Hall–Kier alpha value is -2.95. The Morgan fingerprint density at radius 1 is 1.19 bits per heavy atom. The van der Waals surface area contributed by atoms with Crippen LogP contribution in [0.2, 0.25) is 0 Å². The summed E-state index contributed by atoms with van der Waals surface area (Å²) in [5.74, 6) is -1.97. The highest BCUT2D eigenvalue weighted by molar-refractivity contribution is 5.83. The largest absolute Gasteiger partial charge is 0.463 e. The number of urea groups is 1. The lowest BCUT2D eigenvalue weighted by Crippen LogP contribution is -2.52. The molecule has 1 saturated heterocycles. The third-order valence-electron chi connectivity index (χ3n) is 3.75. The Kier molecular flexibility index (Phi) is 6.50. The van der Waals surface area contributed by atoms with E-state index in [9.17, 15) is 24.0 Å². The van der Waals surface area contributed by atoms with Crippen molar-refractivity contribution in [2.24, 2.45) is 0 Å². The van der Waals surface area contributed by atoms with Crippen LogP contribution in [0.15, 0.2) is 11.8 Å². The lowest BCUT2D eigenvalue weighted by Gasteiger charge is -2.32. The number of nitrogens with one attached hydrogen (secondary N) is 1. The average Bonchev–Trinajstić information content (AvgIpc) is 2.90. The van der Waals surface area contributed by atoms with Gasteiger partial charge < -0.3 is 24.3 Å². The zero-order valence-electron chi connectivity index (χ0n) is 15.0. The Labute approximate surface area is 154 Å². The van der Waals surface area contributed by atoms with Crippen molar-refractivity contribution in [1.29, 1.82) is 0 Å². The van der Waals surface area contributed by atoms with E-state index < -0.39 is 48.5 Å². The fourth-order valence-electron chi connectivity index (χ4n) is 2.73. The van der Waals surface area contributed by atoms with Crippen LogP contribution >= 0.6 is 0 Å². The van der Waals surface area contributed by atoms with Gasteiger partial charge in [-0.2, -0.15) is 0 Å². The number of hydrogen-bond acceptors (Lipinski definition) is 9. The molecule has 0 saturated carbocycles. The molecule has 2 amide bonds. The van der Waals surface area contributed by atoms with Crippen LogP contribution in [-0.2, 0) is 38.1 Å². The molecular formula is C16H20N2O9. The Morgan fingerprint density at radius 2 is 1.81 bits per heavy atom. The third-order valence-corrected chi connectivity index (χ3v) is 3.75. The van der Waals surface area contributed by atoms with Gasteiger partial charge in [-0.05, 0) is 0 Å². The molecule has 2 heterocycles. The van der Waals surface area contributed by atoms with E-state index in [0.29, 0.717) is 6.29 Å². The molecule has 11 heteroatoms. The third kappa shape index (κ3) is 5.03. The first-order valence-corrected chi connectivity index (χ1v) is 8.08. The van der Waals surface area contributed by atoms with Gasteiger partial charge in [-0.3, -0.25) is 24.1 Å².